The fraction of sp³-hybridized carbons (Fsp3) is 0.500. The monoisotopic (exact) mass is 291 g/mol. The van der Waals surface area contributed by atoms with Crippen LogP contribution in [0.25, 0.3) is 0 Å². The van der Waals surface area contributed by atoms with Crippen molar-refractivity contribution >= 4 is 11.9 Å². The van der Waals surface area contributed by atoms with E-state index in [-0.39, 0.29) is 24.0 Å². The first-order valence-corrected chi connectivity index (χ1v) is 7.30. The van der Waals surface area contributed by atoms with E-state index in [4.69, 9.17) is 9.47 Å². The van der Waals surface area contributed by atoms with Gasteiger partial charge in [-0.3, -0.25) is 14.5 Å². The van der Waals surface area contributed by atoms with Gasteiger partial charge in [-0.15, -0.1) is 0 Å². The maximum atomic E-state index is 11.9. The number of benzene rings is 1. The second-order valence-corrected chi connectivity index (χ2v) is 4.93. The molecule has 5 nitrogen and oxygen atoms in total. The van der Waals surface area contributed by atoms with Gasteiger partial charge in [-0.05, 0) is 25.8 Å². The van der Waals surface area contributed by atoms with Gasteiger partial charge in [-0.25, -0.2) is 0 Å². The highest BCUT2D eigenvalue weighted by atomic mass is 16.5. The molecule has 1 fully saturated rings. The molecule has 0 amide bonds. The van der Waals surface area contributed by atoms with Crippen molar-refractivity contribution in [3.8, 4) is 0 Å². The summed E-state index contributed by atoms with van der Waals surface area (Å²) in [6, 6.07) is 9.04. The molecule has 0 saturated carbocycles. The first-order chi connectivity index (χ1) is 10.2. The molecule has 0 aromatic heterocycles. The molecule has 1 saturated heterocycles. The lowest BCUT2D eigenvalue weighted by Crippen LogP contribution is -2.62. The molecule has 1 aromatic rings. The fourth-order valence-corrected chi connectivity index (χ4v) is 2.52. The third-order valence-corrected chi connectivity index (χ3v) is 3.57. The summed E-state index contributed by atoms with van der Waals surface area (Å²) >= 11 is 0. The SMILES string of the molecule is CCOC(=O)[C@H]1C[C@@H](C(=O)OCC)N1Cc1ccccc1. The van der Waals surface area contributed by atoms with E-state index in [1.807, 2.05) is 35.2 Å². The highest BCUT2D eigenvalue weighted by Gasteiger charge is 2.48. The summed E-state index contributed by atoms with van der Waals surface area (Å²) in [5.74, 6) is -0.539. The maximum absolute atomic E-state index is 11.9. The average Bonchev–Trinajstić information content (AvgIpc) is 2.45. The number of hydrogen-bond donors (Lipinski definition) is 0. The van der Waals surface area contributed by atoms with E-state index in [0.29, 0.717) is 26.2 Å². The smallest absolute Gasteiger partial charge is 0.323 e. The van der Waals surface area contributed by atoms with E-state index in [0.717, 1.165) is 5.56 Å². The molecule has 2 atom stereocenters. The van der Waals surface area contributed by atoms with Gasteiger partial charge in [0.15, 0.2) is 0 Å². The third kappa shape index (κ3) is 3.61. The normalized spacial score (nSPS) is 21.4. The van der Waals surface area contributed by atoms with Gasteiger partial charge < -0.3 is 9.47 Å². The van der Waals surface area contributed by atoms with E-state index in [1.165, 1.54) is 0 Å². The second kappa shape index (κ2) is 7.22. The minimum Gasteiger partial charge on any atom is -0.465 e. The van der Waals surface area contributed by atoms with Crippen molar-refractivity contribution in [3.63, 3.8) is 0 Å². The summed E-state index contributed by atoms with van der Waals surface area (Å²) in [4.78, 5) is 25.7. The lowest BCUT2D eigenvalue weighted by atomic mass is 9.91. The molecule has 0 unspecified atom stereocenters. The molecule has 0 bridgehead atoms. The van der Waals surface area contributed by atoms with Crippen molar-refractivity contribution in [1.82, 2.24) is 4.90 Å². The van der Waals surface area contributed by atoms with Gasteiger partial charge in [0.1, 0.15) is 12.1 Å². The van der Waals surface area contributed by atoms with Crippen molar-refractivity contribution in [3.05, 3.63) is 35.9 Å². The highest BCUT2D eigenvalue weighted by Crippen LogP contribution is 2.30. The van der Waals surface area contributed by atoms with Gasteiger partial charge in [-0.2, -0.15) is 0 Å². The molecule has 2 rings (SSSR count). The van der Waals surface area contributed by atoms with Gasteiger partial charge in [0.25, 0.3) is 0 Å². The van der Waals surface area contributed by atoms with Crippen molar-refractivity contribution in [2.24, 2.45) is 0 Å². The largest absolute Gasteiger partial charge is 0.465 e. The van der Waals surface area contributed by atoms with Crippen molar-refractivity contribution < 1.29 is 19.1 Å². The van der Waals surface area contributed by atoms with Gasteiger partial charge in [0.05, 0.1) is 13.2 Å². The quantitative estimate of drug-likeness (QED) is 0.747. The Morgan fingerprint density at radius 3 is 2.05 bits per heavy atom. The van der Waals surface area contributed by atoms with Crippen molar-refractivity contribution in [1.29, 1.82) is 0 Å². The number of carbonyl (C=O) groups excluding carboxylic acids is 2. The summed E-state index contributed by atoms with van der Waals surface area (Å²) < 4.78 is 10.1. The predicted octanol–water partition coefficient (Wildman–Crippen LogP) is 1.76. The summed E-state index contributed by atoms with van der Waals surface area (Å²) in [6.07, 6.45) is 0.463. The van der Waals surface area contributed by atoms with E-state index < -0.39 is 0 Å². The van der Waals surface area contributed by atoms with Crippen LogP contribution in [0.3, 0.4) is 0 Å². The van der Waals surface area contributed by atoms with Gasteiger partial charge in [0, 0.05) is 6.54 Å². The summed E-state index contributed by atoms with van der Waals surface area (Å²) in [7, 11) is 0. The summed E-state index contributed by atoms with van der Waals surface area (Å²) in [5, 5.41) is 0. The molecule has 0 spiro atoms. The molecule has 0 radical (unpaired) electrons. The van der Waals surface area contributed by atoms with E-state index >= 15 is 0 Å². The minimum atomic E-state index is -0.362. The Bertz CT molecular complexity index is 464. The Labute approximate surface area is 124 Å². The lowest BCUT2D eigenvalue weighted by molar-refractivity contribution is -0.171. The molecular formula is C16H21NO4. The summed E-state index contributed by atoms with van der Waals surface area (Å²) in [6.45, 7) is 4.78. The Morgan fingerprint density at radius 1 is 1.05 bits per heavy atom. The van der Waals surface area contributed by atoms with Crippen LogP contribution in [-0.4, -0.2) is 42.1 Å². The maximum Gasteiger partial charge on any atom is 0.323 e. The molecule has 0 aliphatic carbocycles. The molecule has 0 N–H and O–H groups in total. The van der Waals surface area contributed by atoms with Crippen LogP contribution in [0.4, 0.5) is 0 Å². The predicted molar refractivity (Wildman–Crippen MR) is 77.4 cm³/mol. The van der Waals surface area contributed by atoms with Gasteiger partial charge in [0.2, 0.25) is 0 Å². The second-order valence-electron chi connectivity index (χ2n) is 4.93. The summed E-state index contributed by atoms with van der Waals surface area (Å²) in [5.41, 5.74) is 1.06. The van der Waals surface area contributed by atoms with Gasteiger partial charge in [-0.1, -0.05) is 30.3 Å². The minimum absolute atomic E-state index is 0.269. The van der Waals surface area contributed by atoms with Crippen LogP contribution in [0.1, 0.15) is 25.8 Å². The molecule has 1 heterocycles. The zero-order chi connectivity index (χ0) is 15.2. The topological polar surface area (TPSA) is 55.8 Å². The van der Waals surface area contributed by atoms with Crippen molar-refractivity contribution in [2.75, 3.05) is 13.2 Å². The van der Waals surface area contributed by atoms with Crippen LogP contribution in [0.15, 0.2) is 30.3 Å². The number of likely N-dealkylation sites (tertiary alicyclic amines) is 1. The zero-order valence-corrected chi connectivity index (χ0v) is 12.5. The lowest BCUT2D eigenvalue weighted by Gasteiger charge is -2.45. The molecule has 1 aliphatic heterocycles. The van der Waals surface area contributed by atoms with Crippen LogP contribution in [-0.2, 0) is 25.6 Å². The van der Waals surface area contributed by atoms with Gasteiger partial charge >= 0.3 is 11.9 Å². The van der Waals surface area contributed by atoms with Crippen molar-refractivity contribution in [2.45, 2.75) is 38.9 Å². The Hall–Kier alpha value is -1.88. The average molecular weight is 291 g/mol. The van der Waals surface area contributed by atoms with Crippen LogP contribution < -0.4 is 0 Å². The van der Waals surface area contributed by atoms with Crippen LogP contribution in [0.2, 0.25) is 0 Å². The molecule has 1 aromatic carbocycles. The van der Waals surface area contributed by atoms with E-state index in [1.54, 1.807) is 13.8 Å². The number of ether oxygens (including phenoxy) is 2. The zero-order valence-electron chi connectivity index (χ0n) is 12.5. The number of rotatable bonds is 6. The molecule has 1 aliphatic rings. The Balaban J connectivity index is 2.07. The molecule has 114 valence electrons. The highest BCUT2D eigenvalue weighted by molar-refractivity contribution is 5.84. The first kappa shape index (κ1) is 15.5. The van der Waals surface area contributed by atoms with Crippen LogP contribution in [0, 0.1) is 0 Å². The fourth-order valence-electron chi connectivity index (χ4n) is 2.52. The number of esters is 2. The first-order valence-electron chi connectivity index (χ1n) is 7.30. The third-order valence-electron chi connectivity index (χ3n) is 3.57. The number of hydrogen-bond acceptors (Lipinski definition) is 5. The molecular weight excluding hydrogens is 270 g/mol. The van der Waals surface area contributed by atoms with Crippen LogP contribution >= 0.6 is 0 Å². The number of carbonyl (C=O) groups is 2. The van der Waals surface area contributed by atoms with E-state index in [9.17, 15) is 9.59 Å². The Kier molecular flexibility index (Phi) is 5.33. The number of nitrogens with zero attached hydrogens (tertiary/aromatic N) is 1. The van der Waals surface area contributed by atoms with E-state index in [2.05, 4.69) is 0 Å². The Morgan fingerprint density at radius 2 is 1.57 bits per heavy atom. The molecule has 21 heavy (non-hydrogen) atoms. The molecule has 5 heteroatoms. The standard InChI is InChI=1S/C16H21NO4/c1-3-20-15(18)13-10-14(16(19)21-4-2)17(13)11-12-8-6-5-7-9-12/h5-9,13-14H,3-4,10-11H2,1-2H3/t13-,14+. The van der Waals surface area contributed by atoms with Crippen LogP contribution in [0.5, 0.6) is 0 Å².